The molecule has 16 heteroatoms. The van der Waals surface area contributed by atoms with Gasteiger partial charge in [0.2, 0.25) is 15.9 Å². The number of halogens is 2. The average Bonchev–Trinajstić information content (AvgIpc) is 3.03. The molecule has 2 heterocycles. The van der Waals surface area contributed by atoms with Crippen molar-refractivity contribution >= 4 is 55.4 Å². The van der Waals surface area contributed by atoms with Crippen molar-refractivity contribution in [2.24, 2.45) is 0 Å². The number of hydrogen-bond donors (Lipinski definition) is 3. The standard InChI is InChI=1S/C33H36FN5O7S2.ClH/c1-45-31-19-27(47(2,41)42)10-12-30(31)46-32-13-4-22(20-35-32)21-39-16-14-24(15-17-39)23-5-7-25(8-6-23)36-33(40)37-26-9-11-28(34)29(18-26)38-48(3,43)44;/h4-13,18-20,24,38H,14-17,21H2,1-3H3,(H2,36,37,40);1H. The summed E-state index contributed by atoms with van der Waals surface area (Å²) >= 11 is 0. The van der Waals surface area contributed by atoms with Gasteiger partial charge < -0.3 is 20.1 Å². The van der Waals surface area contributed by atoms with Crippen molar-refractivity contribution in [1.29, 1.82) is 0 Å². The van der Waals surface area contributed by atoms with Crippen molar-refractivity contribution in [3.63, 3.8) is 0 Å². The van der Waals surface area contributed by atoms with E-state index in [2.05, 4.69) is 25.2 Å². The highest BCUT2D eigenvalue weighted by molar-refractivity contribution is 7.92. The minimum atomic E-state index is -3.68. The number of carbonyl (C=O) groups excluding carboxylic acids is 1. The van der Waals surface area contributed by atoms with Crippen LogP contribution >= 0.6 is 12.4 Å². The van der Waals surface area contributed by atoms with Gasteiger partial charge >= 0.3 is 6.03 Å². The number of rotatable bonds is 11. The van der Waals surface area contributed by atoms with Crippen LogP contribution in [0.15, 0.2) is 83.9 Å². The molecule has 5 rings (SSSR count). The zero-order valence-corrected chi connectivity index (χ0v) is 29.4. The number of likely N-dealkylation sites (tertiary alicyclic amines) is 1. The van der Waals surface area contributed by atoms with Crippen LogP contribution in [-0.4, -0.2) is 65.5 Å². The fourth-order valence-electron chi connectivity index (χ4n) is 5.34. The number of nitrogens with one attached hydrogen (secondary N) is 3. The lowest BCUT2D eigenvalue weighted by Crippen LogP contribution is -2.32. The summed E-state index contributed by atoms with van der Waals surface area (Å²) in [6, 6.07) is 18.9. The largest absolute Gasteiger partial charge is 0.493 e. The smallest absolute Gasteiger partial charge is 0.323 e. The van der Waals surface area contributed by atoms with Crippen molar-refractivity contribution in [2.75, 3.05) is 48.1 Å². The fraction of sp³-hybridized carbons (Fsp3) is 0.273. The third-order valence-electron chi connectivity index (χ3n) is 7.73. The molecular formula is C33H37ClFN5O7S2. The first-order chi connectivity index (χ1) is 22.8. The topological polar surface area (TPSA) is 156 Å². The summed E-state index contributed by atoms with van der Waals surface area (Å²) in [6.07, 6.45) is 5.75. The number of piperidine rings is 1. The van der Waals surface area contributed by atoms with E-state index in [4.69, 9.17) is 9.47 Å². The maximum absolute atomic E-state index is 13.9. The van der Waals surface area contributed by atoms with Crippen molar-refractivity contribution in [3.8, 4) is 17.4 Å². The molecule has 1 aromatic heterocycles. The van der Waals surface area contributed by atoms with E-state index in [1.165, 1.54) is 36.9 Å². The van der Waals surface area contributed by atoms with E-state index in [1.54, 1.807) is 18.3 Å². The molecule has 0 spiro atoms. The quantitative estimate of drug-likeness (QED) is 0.162. The summed E-state index contributed by atoms with van der Waals surface area (Å²) in [7, 11) is -5.62. The molecule has 3 N–H and O–H groups in total. The van der Waals surface area contributed by atoms with Gasteiger partial charge in [0, 0.05) is 42.5 Å². The SMILES string of the molecule is COc1cc(S(C)(=O)=O)ccc1Oc1ccc(CN2CCC(c3ccc(NC(=O)Nc4ccc(F)c(NS(C)(=O)=O)c4)cc3)CC2)cn1.Cl. The molecule has 1 aliphatic heterocycles. The molecule has 0 saturated carbocycles. The molecule has 0 atom stereocenters. The van der Waals surface area contributed by atoms with Gasteiger partial charge in [-0.25, -0.2) is 31.0 Å². The summed E-state index contributed by atoms with van der Waals surface area (Å²) in [5.41, 5.74) is 2.76. The van der Waals surface area contributed by atoms with Crippen molar-refractivity contribution in [3.05, 3.63) is 95.9 Å². The molecular weight excluding hydrogens is 697 g/mol. The first-order valence-electron chi connectivity index (χ1n) is 14.9. The molecule has 3 aromatic carbocycles. The first kappa shape index (κ1) is 37.4. The number of sulfonamides is 1. The predicted octanol–water partition coefficient (Wildman–Crippen LogP) is 6.24. The summed E-state index contributed by atoms with van der Waals surface area (Å²) in [5, 5.41) is 5.31. The van der Waals surface area contributed by atoms with Crippen LogP contribution in [0.5, 0.6) is 17.4 Å². The number of nitrogens with zero attached hydrogens (tertiary/aromatic N) is 2. The fourth-order valence-corrected chi connectivity index (χ4v) is 6.53. The average molecular weight is 734 g/mol. The van der Waals surface area contributed by atoms with Crippen LogP contribution < -0.4 is 24.8 Å². The van der Waals surface area contributed by atoms with Gasteiger partial charge in [0.25, 0.3) is 0 Å². The predicted molar refractivity (Wildman–Crippen MR) is 189 cm³/mol. The van der Waals surface area contributed by atoms with Crippen LogP contribution in [0.25, 0.3) is 0 Å². The van der Waals surface area contributed by atoms with Gasteiger partial charge in [-0.2, -0.15) is 0 Å². The van der Waals surface area contributed by atoms with Gasteiger partial charge in [-0.15, -0.1) is 12.4 Å². The summed E-state index contributed by atoms with van der Waals surface area (Å²) < 4.78 is 73.8. The molecule has 0 aliphatic carbocycles. The Morgan fingerprint density at radius 2 is 1.57 bits per heavy atom. The third kappa shape index (κ3) is 10.5. The number of ether oxygens (including phenoxy) is 2. The molecule has 1 saturated heterocycles. The minimum Gasteiger partial charge on any atom is -0.493 e. The van der Waals surface area contributed by atoms with Crippen LogP contribution in [-0.2, 0) is 26.4 Å². The third-order valence-corrected chi connectivity index (χ3v) is 9.43. The molecule has 0 bridgehead atoms. The second-order valence-corrected chi connectivity index (χ2v) is 15.3. The van der Waals surface area contributed by atoms with Gasteiger partial charge in [0.1, 0.15) is 5.82 Å². The Hall–Kier alpha value is -4.44. The molecule has 1 fully saturated rings. The number of aromatic nitrogens is 1. The number of hydrogen-bond acceptors (Lipinski definition) is 9. The van der Waals surface area contributed by atoms with Crippen LogP contribution in [0, 0.1) is 5.82 Å². The zero-order valence-electron chi connectivity index (χ0n) is 27.0. The van der Waals surface area contributed by atoms with Gasteiger partial charge in [0.15, 0.2) is 21.3 Å². The second kappa shape index (κ2) is 15.8. The van der Waals surface area contributed by atoms with Crippen LogP contribution in [0.4, 0.5) is 26.2 Å². The first-order valence-corrected chi connectivity index (χ1v) is 18.7. The van der Waals surface area contributed by atoms with E-state index in [1.807, 2.05) is 30.3 Å². The van der Waals surface area contributed by atoms with Crippen LogP contribution in [0.2, 0.25) is 0 Å². The highest BCUT2D eigenvalue weighted by atomic mass is 35.5. The Bertz CT molecular complexity index is 1990. The molecule has 2 amide bonds. The van der Waals surface area contributed by atoms with Crippen molar-refractivity contribution in [1.82, 2.24) is 9.88 Å². The molecule has 0 radical (unpaired) electrons. The maximum Gasteiger partial charge on any atom is 0.323 e. The van der Waals surface area contributed by atoms with Crippen LogP contribution in [0.3, 0.4) is 0 Å². The number of anilines is 3. The van der Waals surface area contributed by atoms with E-state index >= 15 is 0 Å². The maximum atomic E-state index is 13.9. The Kier molecular flexibility index (Phi) is 12.1. The number of carbonyl (C=O) groups is 1. The Morgan fingerprint density at radius 1 is 0.898 bits per heavy atom. The molecule has 4 aromatic rings. The molecule has 262 valence electrons. The van der Waals surface area contributed by atoms with Crippen molar-refractivity contribution in [2.45, 2.75) is 30.2 Å². The second-order valence-electron chi connectivity index (χ2n) is 11.5. The number of sulfone groups is 1. The van der Waals surface area contributed by atoms with Gasteiger partial charge in [-0.1, -0.05) is 18.2 Å². The van der Waals surface area contributed by atoms with E-state index in [9.17, 15) is 26.0 Å². The number of urea groups is 1. The van der Waals surface area contributed by atoms with Gasteiger partial charge in [-0.3, -0.25) is 9.62 Å². The molecule has 0 unspecified atom stereocenters. The lowest BCUT2D eigenvalue weighted by atomic mass is 9.89. The highest BCUT2D eigenvalue weighted by Crippen LogP contribution is 2.33. The molecule has 1 aliphatic rings. The molecule has 12 nitrogen and oxygen atoms in total. The minimum absolute atomic E-state index is 0. The Balaban J connectivity index is 0.00000541. The summed E-state index contributed by atoms with van der Waals surface area (Å²) in [4.78, 5) is 19.4. The highest BCUT2D eigenvalue weighted by Gasteiger charge is 2.21. The van der Waals surface area contributed by atoms with E-state index in [-0.39, 0.29) is 28.7 Å². The Labute approximate surface area is 291 Å². The summed E-state index contributed by atoms with van der Waals surface area (Å²) in [6.45, 7) is 2.55. The van der Waals surface area contributed by atoms with Gasteiger partial charge in [0.05, 0.1) is 23.9 Å². The van der Waals surface area contributed by atoms with E-state index in [0.717, 1.165) is 56.6 Å². The lowest BCUT2D eigenvalue weighted by molar-refractivity contribution is 0.204. The normalized spacial score (nSPS) is 14.0. The number of methoxy groups -OCH3 is 1. The summed E-state index contributed by atoms with van der Waals surface area (Å²) in [5.74, 6) is 0.646. The van der Waals surface area contributed by atoms with Gasteiger partial charge in [-0.05, 0) is 85.4 Å². The number of amides is 2. The Morgan fingerprint density at radius 3 is 2.18 bits per heavy atom. The van der Waals surface area contributed by atoms with Crippen molar-refractivity contribution < 1.29 is 35.5 Å². The van der Waals surface area contributed by atoms with E-state index < -0.39 is 31.7 Å². The number of pyridine rings is 1. The zero-order chi connectivity index (χ0) is 34.5. The molecule has 49 heavy (non-hydrogen) atoms. The lowest BCUT2D eigenvalue weighted by Gasteiger charge is -2.32. The number of benzene rings is 3. The van der Waals surface area contributed by atoms with E-state index in [0.29, 0.717) is 29.0 Å². The van der Waals surface area contributed by atoms with Crippen LogP contribution in [0.1, 0.15) is 29.9 Å². The monoisotopic (exact) mass is 733 g/mol.